The quantitative estimate of drug-likeness (QED) is 0.760. The van der Waals surface area contributed by atoms with Crippen LogP contribution in [0.2, 0.25) is 0 Å². The molecular weight excluding hydrogens is 288 g/mol. The predicted octanol–water partition coefficient (Wildman–Crippen LogP) is 4.18. The molecule has 0 aliphatic heterocycles. The fourth-order valence-electron chi connectivity index (χ4n) is 1.87. The van der Waals surface area contributed by atoms with Gasteiger partial charge in [0.05, 0.1) is 5.69 Å². The van der Waals surface area contributed by atoms with E-state index in [0.717, 1.165) is 19.5 Å². The maximum atomic E-state index is 3.68. The van der Waals surface area contributed by atoms with Crippen molar-refractivity contribution in [2.45, 2.75) is 46.2 Å². The molecule has 0 fully saturated rings. The summed E-state index contributed by atoms with van der Waals surface area (Å²) in [5, 5.41) is 3.43. The Hall–Kier alpha value is -0.540. The zero-order valence-electron chi connectivity index (χ0n) is 12.0. The number of hydrogen-bond donors (Lipinski definition) is 1. The molecular formula is C15H25BrN2. The summed E-state index contributed by atoms with van der Waals surface area (Å²) in [4.78, 5) is 2.33. The third-order valence-corrected chi connectivity index (χ3v) is 4.04. The summed E-state index contributed by atoms with van der Waals surface area (Å²) in [6, 6.07) is 7.20. The van der Waals surface area contributed by atoms with Crippen LogP contribution in [0, 0.1) is 0 Å². The number of benzene rings is 1. The number of hydrogen-bond acceptors (Lipinski definition) is 2. The number of anilines is 1. The van der Waals surface area contributed by atoms with Crippen molar-refractivity contribution in [3.63, 3.8) is 0 Å². The van der Waals surface area contributed by atoms with Gasteiger partial charge < -0.3 is 10.2 Å². The second-order valence-electron chi connectivity index (χ2n) is 4.83. The average molecular weight is 313 g/mol. The Bertz CT molecular complexity index is 366. The van der Waals surface area contributed by atoms with Crippen LogP contribution in [-0.2, 0) is 6.54 Å². The molecule has 1 aromatic rings. The monoisotopic (exact) mass is 312 g/mol. The zero-order valence-corrected chi connectivity index (χ0v) is 13.5. The lowest BCUT2D eigenvalue weighted by atomic mass is 10.1. The van der Waals surface area contributed by atoms with Crippen LogP contribution in [0.1, 0.15) is 39.2 Å². The van der Waals surface area contributed by atoms with Crippen molar-refractivity contribution in [3.8, 4) is 0 Å². The van der Waals surface area contributed by atoms with E-state index in [0.29, 0.717) is 6.04 Å². The Balaban J connectivity index is 2.73. The van der Waals surface area contributed by atoms with Crippen molar-refractivity contribution in [2.24, 2.45) is 0 Å². The van der Waals surface area contributed by atoms with Gasteiger partial charge in [-0.05, 0) is 59.9 Å². The highest BCUT2D eigenvalue weighted by atomic mass is 79.9. The molecule has 1 N–H and O–H groups in total. The molecule has 2 nitrogen and oxygen atoms in total. The van der Waals surface area contributed by atoms with Gasteiger partial charge in [0.2, 0.25) is 0 Å². The van der Waals surface area contributed by atoms with Gasteiger partial charge in [0.1, 0.15) is 0 Å². The lowest BCUT2D eigenvalue weighted by Gasteiger charge is -2.27. The van der Waals surface area contributed by atoms with Crippen LogP contribution in [0.3, 0.4) is 0 Å². The summed E-state index contributed by atoms with van der Waals surface area (Å²) in [7, 11) is 2.16. The summed E-state index contributed by atoms with van der Waals surface area (Å²) in [6.07, 6.45) is 2.33. The van der Waals surface area contributed by atoms with E-state index in [1.165, 1.54) is 22.1 Å². The lowest BCUT2D eigenvalue weighted by Crippen LogP contribution is -2.28. The van der Waals surface area contributed by atoms with Gasteiger partial charge in [-0.15, -0.1) is 0 Å². The second-order valence-corrected chi connectivity index (χ2v) is 5.69. The maximum Gasteiger partial charge on any atom is 0.0510 e. The molecule has 0 saturated carbocycles. The van der Waals surface area contributed by atoms with Crippen molar-refractivity contribution in [1.82, 2.24) is 5.32 Å². The molecule has 0 heterocycles. The fraction of sp³-hybridized carbons (Fsp3) is 0.600. The van der Waals surface area contributed by atoms with E-state index >= 15 is 0 Å². The third kappa shape index (κ3) is 4.29. The first-order valence-electron chi connectivity index (χ1n) is 6.82. The molecule has 0 saturated heterocycles. The van der Waals surface area contributed by atoms with E-state index in [4.69, 9.17) is 0 Å². The number of nitrogens with zero attached hydrogens (tertiary/aromatic N) is 1. The van der Waals surface area contributed by atoms with Gasteiger partial charge >= 0.3 is 0 Å². The minimum Gasteiger partial charge on any atom is -0.371 e. The molecule has 3 heteroatoms. The molecule has 102 valence electrons. The zero-order chi connectivity index (χ0) is 13.5. The van der Waals surface area contributed by atoms with Crippen LogP contribution >= 0.6 is 15.9 Å². The Morgan fingerprint density at radius 2 is 2.06 bits per heavy atom. The molecule has 0 spiro atoms. The smallest absolute Gasteiger partial charge is 0.0510 e. The van der Waals surface area contributed by atoms with E-state index in [9.17, 15) is 0 Å². The molecule has 0 aliphatic rings. The van der Waals surface area contributed by atoms with Gasteiger partial charge in [-0.25, -0.2) is 0 Å². The van der Waals surface area contributed by atoms with Crippen molar-refractivity contribution < 1.29 is 0 Å². The van der Waals surface area contributed by atoms with Crippen molar-refractivity contribution in [1.29, 1.82) is 0 Å². The molecule has 0 radical (unpaired) electrons. The van der Waals surface area contributed by atoms with Crippen molar-refractivity contribution >= 4 is 21.6 Å². The first-order valence-corrected chi connectivity index (χ1v) is 7.61. The summed E-state index contributed by atoms with van der Waals surface area (Å²) in [6.45, 7) is 8.68. The molecule has 1 atom stereocenters. The fourth-order valence-corrected chi connectivity index (χ4v) is 2.57. The third-order valence-electron chi connectivity index (χ3n) is 3.40. The molecule has 1 rings (SSSR count). The van der Waals surface area contributed by atoms with Gasteiger partial charge in [-0.2, -0.15) is 0 Å². The summed E-state index contributed by atoms with van der Waals surface area (Å²) < 4.78 is 1.18. The number of halogens is 1. The predicted molar refractivity (Wildman–Crippen MR) is 84.3 cm³/mol. The van der Waals surface area contributed by atoms with E-state index in [1.54, 1.807) is 0 Å². The summed E-state index contributed by atoms with van der Waals surface area (Å²) in [5.41, 5.74) is 2.60. The minimum atomic E-state index is 0.561. The van der Waals surface area contributed by atoms with Crippen LogP contribution in [0.25, 0.3) is 0 Å². The minimum absolute atomic E-state index is 0.561. The Morgan fingerprint density at radius 3 is 2.61 bits per heavy atom. The Morgan fingerprint density at radius 1 is 1.33 bits per heavy atom. The number of rotatable bonds is 7. The van der Waals surface area contributed by atoms with Gasteiger partial charge in [0, 0.05) is 24.1 Å². The van der Waals surface area contributed by atoms with Crippen LogP contribution in [-0.4, -0.2) is 19.6 Å². The molecule has 1 unspecified atom stereocenters. The summed E-state index contributed by atoms with van der Waals surface area (Å²) >= 11 is 3.68. The molecule has 0 bridgehead atoms. The first-order chi connectivity index (χ1) is 8.60. The SMILES string of the molecule is CCCNCc1ccc(N(C)C(C)CC)c(Br)c1. The van der Waals surface area contributed by atoms with Crippen LogP contribution in [0.4, 0.5) is 5.69 Å². The van der Waals surface area contributed by atoms with E-state index < -0.39 is 0 Å². The maximum absolute atomic E-state index is 3.68. The largest absolute Gasteiger partial charge is 0.371 e. The van der Waals surface area contributed by atoms with E-state index in [1.807, 2.05) is 0 Å². The molecule has 18 heavy (non-hydrogen) atoms. The Labute approximate surface area is 120 Å². The lowest BCUT2D eigenvalue weighted by molar-refractivity contribution is 0.661. The van der Waals surface area contributed by atoms with Crippen molar-refractivity contribution in [3.05, 3.63) is 28.2 Å². The molecule has 1 aromatic carbocycles. The van der Waals surface area contributed by atoms with Crippen LogP contribution in [0.15, 0.2) is 22.7 Å². The second kappa shape index (κ2) is 7.80. The van der Waals surface area contributed by atoms with E-state index in [2.05, 4.69) is 72.2 Å². The normalized spacial score (nSPS) is 12.5. The van der Waals surface area contributed by atoms with Crippen LogP contribution in [0.5, 0.6) is 0 Å². The average Bonchev–Trinajstić information content (AvgIpc) is 2.37. The van der Waals surface area contributed by atoms with E-state index in [-0.39, 0.29) is 0 Å². The first kappa shape index (κ1) is 15.5. The topological polar surface area (TPSA) is 15.3 Å². The molecule has 0 aromatic heterocycles. The van der Waals surface area contributed by atoms with Gasteiger partial charge in [-0.3, -0.25) is 0 Å². The van der Waals surface area contributed by atoms with Crippen molar-refractivity contribution in [2.75, 3.05) is 18.5 Å². The van der Waals surface area contributed by atoms with Gasteiger partial charge in [0.15, 0.2) is 0 Å². The summed E-state index contributed by atoms with van der Waals surface area (Å²) in [5.74, 6) is 0. The molecule has 0 amide bonds. The van der Waals surface area contributed by atoms with Gasteiger partial charge in [0.25, 0.3) is 0 Å². The highest BCUT2D eigenvalue weighted by Gasteiger charge is 2.11. The highest BCUT2D eigenvalue weighted by Crippen LogP contribution is 2.28. The van der Waals surface area contributed by atoms with Crippen LogP contribution < -0.4 is 10.2 Å². The number of nitrogens with one attached hydrogen (secondary N) is 1. The molecule has 0 aliphatic carbocycles. The van der Waals surface area contributed by atoms with Gasteiger partial charge in [-0.1, -0.05) is 19.9 Å². The standard InChI is InChI=1S/C15H25BrN2/c1-5-9-17-11-13-7-8-15(14(16)10-13)18(4)12(3)6-2/h7-8,10,12,17H,5-6,9,11H2,1-4H3. The Kier molecular flexibility index (Phi) is 6.72. The highest BCUT2D eigenvalue weighted by molar-refractivity contribution is 9.10.